The van der Waals surface area contributed by atoms with Crippen LogP contribution in [-0.2, 0) is 11.6 Å². The highest BCUT2D eigenvalue weighted by molar-refractivity contribution is 6.23. The predicted octanol–water partition coefficient (Wildman–Crippen LogP) is 4.62. The van der Waals surface area contributed by atoms with Crippen LogP contribution in [0.1, 0.15) is 33.4 Å². The highest BCUT2D eigenvalue weighted by Gasteiger charge is 2.43. The van der Waals surface area contributed by atoms with Crippen LogP contribution in [0.25, 0.3) is 32.3 Å². The molecule has 3 N–H and O–H groups in total. The maximum absolute atomic E-state index is 5.54. The van der Waals surface area contributed by atoms with Crippen molar-refractivity contribution in [2.24, 2.45) is 49.9 Å². The zero-order valence-corrected chi connectivity index (χ0v) is 31.8. The Hall–Kier alpha value is -8.58. The van der Waals surface area contributed by atoms with Gasteiger partial charge in [0.1, 0.15) is 32.9 Å². The number of rotatable bonds is 0. The van der Waals surface area contributed by atoms with Gasteiger partial charge in [-0.15, -0.1) is 0 Å². The molecule has 284 valence electrons. The van der Waals surface area contributed by atoms with E-state index < -0.39 is 11.6 Å². The molecule has 13 nitrogen and oxygen atoms in total. The van der Waals surface area contributed by atoms with E-state index in [0.717, 1.165) is 65.7 Å². The lowest BCUT2D eigenvalue weighted by atomic mass is 10.0. The molecule has 2 atom stereocenters. The maximum Gasteiger partial charge on any atom is 0.278 e. The monoisotopic (exact) mass is 785 g/mol. The molecule has 6 aliphatic heterocycles. The first-order valence-corrected chi connectivity index (χ1v) is 19.9. The van der Waals surface area contributed by atoms with Crippen molar-refractivity contribution in [3.63, 3.8) is 0 Å². The SMILES string of the molecule is c1ccc2c(c1)C1=N/C2=N\[C@]23N=C(N=c4[nH]/c(c5ccccc45)=N\[C@@]4(N=C(N=c5[nH]c(c6ccccc56)=N2)c2ccccc24)/N=c2\[nH]c(c4ccccc24)=N1)c1ccccc13. The first-order valence-electron chi connectivity index (χ1n) is 19.9. The van der Waals surface area contributed by atoms with Crippen LogP contribution in [-0.4, -0.2) is 38.3 Å². The van der Waals surface area contributed by atoms with Gasteiger partial charge in [-0.3, -0.25) is 0 Å². The van der Waals surface area contributed by atoms with Gasteiger partial charge in [-0.05, 0) is 0 Å². The average molecular weight is 786 g/mol. The third-order valence-corrected chi connectivity index (χ3v) is 11.9. The first kappa shape index (κ1) is 32.4. The molecule has 0 aliphatic carbocycles. The van der Waals surface area contributed by atoms with Gasteiger partial charge in [0.2, 0.25) is 0 Å². The Balaban J connectivity index is 1.27. The molecule has 0 amide bonds. The fraction of sp³-hybridized carbons (Fsp3) is 0.0417. The summed E-state index contributed by atoms with van der Waals surface area (Å²) in [6.45, 7) is 0. The van der Waals surface area contributed by atoms with Gasteiger partial charge in [0.25, 0.3) is 11.6 Å². The Morgan fingerprint density at radius 1 is 0.262 bits per heavy atom. The van der Waals surface area contributed by atoms with E-state index in [-0.39, 0.29) is 0 Å². The Bertz CT molecular complexity index is 4030. The van der Waals surface area contributed by atoms with Crippen molar-refractivity contribution >= 4 is 55.7 Å². The van der Waals surface area contributed by atoms with Gasteiger partial charge in [-0.1, -0.05) is 146 Å². The smallest absolute Gasteiger partial charge is 0.278 e. The Morgan fingerprint density at radius 2 is 0.557 bits per heavy atom. The van der Waals surface area contributed by atoms with Gasteiger partial charge in [0, 0.05) is 65.7 Å². The minimum Gasteiger partial charge on any atom is -0.324 e. The number of fused-ring (bicyclic) bond motifs is 6. The molecule has 9 aromatic rings. The van der Waals surface area contributed by atoms with Crippen LogP contribution in [0.15, 0.2) is 196 Å². The van der Waals surface area contributed by atoms with Crippen LogP contribution in [0.5, 0.6) is 0 Å². The van der Waals surface area contributed by atoms with Gasteiger partial charge in [-0.2, -0.15) is 0 Å². The number of hydrogen-bond donors (Lipinski definition) is 3. The van der Waals surface area contributed by atoms with Gasteiger partial charge < -0.3 is 15.0 Å². The number of nitrogens with zero attached hydrogens (tertiary/aromatic N) is 10. The molecule has 2 spiro atoms. The van der Waals surface area contributed by atoms with Gasteiger partial charge >= 0.3 is 0 Å². The summed E-state index contributed by atoms with van der Waals surface area (Å²) in [6.07, 6.45) is 0. The van der Waals surface area contributed by atoms with E-state index in [1.165, 1.54) is 0 Å². The third kappa shape index (κ3) is 4.48. The summed E-state index contributed by atoms with van der Waals surface area (Å²) >= 11 is 0. The average Bonchev–Trinajstić information content (AvgIpc) is 4.13. The van der Waals surface area contributed by atoms with E-state index in [4.69, 9.17) is 49.9 Å². The Kier molecular flexibility index (Phi) is 6.13. The second-order valence-corrected chi connectivity index (χ2v) is 15.4. The zero-order valence-electron chi connectivity index (χ0n) is 31.8. The van der Waals surface area contributed by atoms with Crippen LogP contribution >= 0.6 is 0 Å². The first-order chi connectivity index (χ1) is 30.1. The summed E-state index contributed by atoms with van der Waals surface area (Å²) in [5.41, 5.74) is 8.07. The number of amidine groups is 4. The summed E-state index contributed by atoms with van der Waals surface area (Å²) < 4.78 is 0. The normalized spacial score (nSPS) is 22.1. The van der Waals surface area contributed by atoms with Crippen molar-refractivity contribution in [1.82, 2.24) is 15.0 Å². The van der Waals surface area contributed by atoms with Crippen LogP contribution in [0.3, 0.4) is 0 Å². The highest BCUT2D eigenvalue weighted by Crippen LogP contribution is 2.41. The fourth-order valence-electron chi connectivity index (χ4n) is 9.19. The van der Waals surface area contributed by atoms with Crippen molar-refractivity contribution in [3.05, 3.63) is 212 Å². The predicted molar refractivity (Wildman–Crippen MR) is 231 cm³/mol. The molecule has 0 radical (unpaired) electrons. The molecule has 3 aromatic heterocycles. The number of hydrogen-bond acceptors (Lipinski definition) is 10. The summed E-state index contributed by atoms with van der Waals surface area (Å²) in [5, 5.41) is 5.09. The molecule has 12 bridgehead atoms. The molecule has 0 fully saturated rings. The quantitative estimate of drug-likeness (QED) is 0.195. The number of nitrogens with one attached hydrogen (secondary N) is 3. The topological polar surface area (TPSA) is 171 Å². The number of H-pyrrole nitrogens is 3. The Labute approximate surface area is 343 Å². The fourth-order valence-corrected chi connectivity index (χ4v) is 9.19. The van der Waals surface area contributed by atoms with E-state index >= 15 is 0 Å². The van der Waals surface area contributed by atoms with Crippen molar-refractivity contribution < 1.29 is 0 Å². The largest absolute Gasteiger partial charge is 0.324 e. The lowest BCUT2D eigenvalue weighted by Gasteiger charge is -2.18. The van der Waals surface area contributed by atoms with Crippen LogP contribution in [0, 0.1) is 0 Å². The lowest BCUT2D eigenvalue weighted by molar-refractivity contribution is 0.478. The standard InChI is InChI=1S/C48H27N13/c1-5-17-29-25(13-1)37-49-38-26-14-2-6-18-30(26)42(51-38)57-48-36-24-12-10-22-34(36)46(61-48)55-39-27-15-3-7-19-31(27)43(52-39)58-47(56-41(29)50-37)35-23-11-9-21-33(35)45(60-47)54-40-28-16-4-8-20-32(28)44(53-40)59-48/h1-24H,(H,52,55,58,61)(H,53,54,59,60)(H,49,50,51,56,57)/t47-,48-/m0/s1. The number of aromatic amines is 3. The second-order valence-electron chi connectivity index (χ2n) is 15.4. The molecule has 6 aromatic carbocycles. The lowest BCUT2D eigenvalue weighted by Crippen LogP contribution is -2.27. The molecule has 13 heteroatoms. The molecule has 9 heterocycles. The molecular weight excluding hydrogens is 759 g/mol. The zero-order chi connectivity index (χ0) is 39.9. The number of aromatic nitrogens is 3. The molecule has 0 saturated heterocycles. The van der Waals surface area contributed by atoms with Crippen LogP contribution in [0.4, 0.5) is 0 Å². The third-order valence-electron chi connectivity index (χ3n) is 11.9. The molecule has 61 heavy (non-hydrogen) atoms. The molecule has 0 unspecified atom stereocenters. The summed E-state index contributed by atoms with van der Waals surface area (Å²) in [5.74, 6) is -1.28. The summed E-state index contributed by atoms with van der Waals surface area (Å²) in [7, 11) is 0. The van der Waals surface area contributed by atoms with E-state index in [2.05, 4.69) is 15.0 Å². The van der Waals surface area contributed by atoms with Crippen molar-refractivity contribution in [1.29, 1.82) is 0 Å². The molecule has 6 aliphatic rings. The minimum atomic E-state index is -1.57. The van der Waals surface area contributed by atoms with Gasteiger partial charge in [-0.25, -0.2) is 49.9 Å². The molecule has 15 rings (SSSR count). The maximum atomic E-state index is 5.54. The highest BCUT2D eigenvalue weighted by atomic mass is 15.3. The number of aliphatic imine (C=N–C) groups is 4. The van der Waals surface area contributed by atoms with Crippen LogP contribution < -0.4 is 32.9 Å². The Morgan fingerprint density at radius 3 is 0.984 bits per heavy atom. The van der Waals surface area contributed by atoms with Crippen LogP contribution in [0.2, 0.25) is 0 Å². The van der Waals surface area contributed by atoms with Crippen molar-refractivity contribution in [2.45, 2.75) is 11.6 Å². The van der Waals surface area contributed by atoms with E-state index in [1.54, 1.807) is 0 Å². The van der Waals surface area contributed by atoms with E-state index in [1.807, 2.05) is 146 Å². The van der Waals surface area contributed by atoms with Gasteiger partial charge in [0.15, 0.2) is 23.3 Å². The number of benzene rings is 6. The second kappa shape index (κ2) is 11.5. The van der Waals surface area contributed by atoms with Crippen molar-refractivity contribution in [3.8, 4) is 0 Å². The molecular formula is C48H27N13. The van der Waals surface area contributed by atoms with Gasteiger partial charge in [0.05, 0.1) is 0 Å². The molecule has 0 saturated carbocycles. The van der Waals surface area contributed by atoms with E-state index in [9.17, 15) is 0 Å². The summed E-state index contributed by atoms with van der Waals surface area (Å²) in [6, 6.07) is 48.1. The van der Waals surface area contributed by atoms with Crippen molar-refractivity contribution in [2.75, 3.05) is 0 Å². The summed E-state index contributed by atoms with van der Waals surface area (Å²) in [4.78, 5) is 64.7. The van der Waals surface area contributed by atoms with E-state index in [0.29, 0.717) is 56.3 Å². The minimum absolute atomic E-state index is 0.440.